The number of aliphatic hydroxyl groups is 1. The topological polar surface area (TPSA) is 85.2 Å². The Hall–Kier alpha value is -2.84. The summed E-state index contributed by atoms with van der Waals surface area (Å²) in [5.74, 6) is 0. The Balaban J connectivity index is 1.65. The highest BCUT2D eigenvalue weighted by molar-refractivity contribution is 5.89. The molecule has 5 heteroatoms. The van der Waals surface area contributed by atoms with E-state index >= 15 is 0 Å². The highest BCUT2D eigenvalue weighted by atomic mass is 16.3. The van der Waals surface area contributed by atoms with Crippen LogP contribution in [-0.2, 0) is 12.8 Å². The first-order valence-corrected chi connectivity index (χ1v) is 7.46. The van der Waals surface area contributed by atoms with Crippen molar-refractivity contribution in [2.45, 2.75) is 25.0 Å². The lowest BCUT2D eigenvalue weighted by atomic mass is 10.1. The molecular weight excluding hydrogens is 290 g/mol. The van der Waals surface area contributed by atoms with Gasteiger partial charge in [0, 0.05) is 12.1 Å². The van der Waals surface area contributed by atoms with E-state index in [0.717, 1.165) is 16.7 Å². The van der Waals surface area contributed by atoms with E-state index in [1.807, 2.05) is 24.3 Å². The van der Waals surface area contributed by atoms with E-state index in [4.69, 9.17) is 5.26 Å². The van der Waals surface area contributed by atoms with Gasteiger partial charge in [-0.25, -0.2) is 4.79 Å². The number of nitrogens with one attached hydrogen (secondary N) is 2. The van der Waals surface area contributed by atoms with Crippen LogP contribution in [0.3, 0.4) is 0 Å². The molecule has 3 rings (SSSR count). The number of benzene rings is 2. The van der Waals surface area contributed by atoms with Crippen molar-refractivity contribution < 1.29 is 9.90 Å². The fourth-order valence-electron chi connectivity index (χ4n) is 2.85. The molecule has 1 aliphatic rings. The second kappa shape index (κ2) is 6.51. The lowest BCUT2D eigenvalue weighted by molar-refractivity contribution is 0.144. The lowest BCUT2D eigenvalue weighted by Gasteiger charge is -2.18. The molecule has 0 saturated carbocycles. The highest BCUT2D eigenvalue weighted by Gasteiger charge is 2.31. The summed E-state index contributed by atoms with van der Waals surface area (Å²) in [5, 5.41) is 24.4. The molecule has 2 aromatic carbocycles. The molecule has 23 heavy (non-hydrogen) atoms. The summed E-state index contributed by atoms with van der Waals surface area (Å²) in [6.07, 6.45) is 0.276. The van der Waals surface area contributed by atoms with Crippen LogP contribution in [0, 0.1) is 11.3 Å². The number of carbonyl (C=O) groups excluding carboxylic acids is 1. The van der Waals surface area contributed by atoms with Crippen LogP contribution in [0.15, 0.2) is 48.5 Å². The lowest BCUT2D eigenvalue weighted by Crippen LogP contribution is -2.36. The number of hydrogen-bond acceptors (Lipinski definition) is 3. The number of rotatable bonds is 3. The van der Waals surface area contributed by atoms with Crippen molar-refractivity contribution in [1.29, 1.82) is 5.26 Å². The van der Waals surface area contributed by atoms with Gasteiger partial charge < -0.3 is 15.7 Å². The first kappa shape index (κ1) is 15.1. The minimum atomic E-state index is -0.615. The monoisotopic (exact) mass is 307 g/mol. The molecule has 0 fully saturated rings. The quantitative estimate of drug-likeness (QED) is 0.814. The third kappa shape index (κ3) is 3.33. The normalized spacial score (nSPS) is 18.8. The molecule has 0 saturated heterocycles. The van der Waals surface area contributed by atoms with Gasteiger partial charge in [-0.15, -0.1) is 0 Å². The maximum atomic E-state index is 12.1. The molecule has 0 bridgehead atoms. The van der Waals surface area contributed by atoms with Crippen molar-refractivity contribution in [2.24, 2.45) is 0 Å². The molecule has 0 aromatic heterocycles. The standard InChI is InChI=1S/C18H17N3O2/c19-10-9-12-5-7-14(8-6-12)20-18(23)21-17-15-4-2-1-3-13(15)11-16(17)22/h1-8,16-17,22H,9,11H2,(H2,20,21,23)/t16-,17+/m1/s1. The smallest absolute Gasteiger partial charge is 0.319 e. The summed E-state index contributed by atoms with van der Waals surface area (Å²) >= 11 is 0. The van der Waals surface area contributed by atoms with Gasteiger partial charge in [-0.05, 0) is 28.8 Å². The second-order valence-corrected chi connectivity index (χ2v) is 5.58. The van der Waals surface area contributed by atoms with Crippen molar-refractivity contribution in [2.75, 3.05) is 5.32 Å². The summed E-state index contributed by atoms with van der Waals surface area (Å²) in [6.45, 7) is 0. The molecular formula is C18H17N3O2. The fourth-order valence-corrected chi connectivity index (χ4v) is 2.85. The molecule has 0 aliphatic heterocycles. The number of urea groups is 1. The number of hydrogen-bond donors (Lipinski definition) is 3. The van der Waals surface area contributed by atoms with Gasteiger partial charge in [-0.3, -0.25) is 0 Å². The Kier molecular flexibility index (Phi) is 4.26. The van der Waals surface area contributed by atoms with Crippen molar-refractivity contribution >= 4 is 11.7 Å². The van der Waals surface area contributed by atoms with Crippen LogP contribution in [0.25, 0.3) is 0 Å². The highest BCUT2D eigenvalue weighted by Crippen LogP contribution is 2.31. The first-order valence-electron chi connectivity index (χ1n) is 7.46. The average Bonchev–Trinajstić information content (AvgIpc) is 2.85. The molecule has 2 atom stereocenters. The predicted octanol–water partition coefficient (Wildman–Crippen LogP) is 2.53. The van der Waals surface area contributed by atoms with Crippen LogP contribution < -0.4 is 10.6 Å². The van der Waals surface area contributed by atoms with Gasteiger partial charge in [-0.1, -0.05) is 36.4 Å². The first-order chi connectivity index (χ1) is 11.2. The van der Waals surface area contributed by atoms with Crippen molar-refractivity contribution in [3.8, 4) is 6.07 Å². The van der Waals surface area contributed by atoms with E-state index in [2.05, 4.69) is 16.7 Å². The molecule has 2 aromatic rings. The summed E-state index contributed by atoms with van der Waals surface area (Å²) in [7, 11) is 0. The number of amides is 2. The van der Waals surface area contributed by atoms with E-state index in [1.54, 1.807) is 24.3 Å². The maximum Gasteiger partial charge on any atom is 0.319 e. The van der Waals surface area contributed by atoms with Crippen molar-refractivity contribution in [3.05, 3.63) is 65.2 Å². The SMILES string of the molecule is N#CCc1ccc(NC(=O)N[C@H]2c3ccccc3C[C@H]2O)cc1. The Morgan fingerprint density at radius 3 is 2.70 bits per heavy atom. The minimum Gasteiger partial charge on any atom is -0.390 e. The van der Waals surface area contributed by atoms with E-state index in [1.165, 1.54) is 0 Å². The van der Waals surface area contributed by atoms with Crippen LogP contribution in [0.4, 0.5) is 10.5 Å². The van der Waals surface area contributed by atoms with Gasteiger partial charge in [0.1, 0.15) is 0 Å². The zero-order chi connectivity index (χ0) is 16.2. The number of aliphatic hydroxyl groups excluding tert-OH is 1. The number of nitriles is 1. The summed E-state index contributed by atoms with van der Waals surface area (Å²) < 4.78 is 0. The van der Waals surface area contributed by atoms with Gasteiger partial charge in [0.15, 0.2) is 0 Å². The molecule has 0 radical (unpaired) electrons. The van der Waals surface area contributed by atoms with Gasteiger partial charge in [-0.2, -0.15) is 5.26 Å². The fraction of sp³-hybridized carbons (Fsp3) is 0.222. The Morgan fingerprint density at radius 2 is 1.96 bits per heavy atom. The van der Waals surface area contributed by atoms with Crippen LogP contribution >= 0.6 is 0 Å². The molecule has 116 valence electrons. The van der Waals surface area contributed by atoms with Gasteiger partial charge >= 0.3 is 6.03 Å². The third-order valence-electron chi connectivity index (χ3n) is 3.99. The number of anilines is 1. The zero-order valence-corrected chi connectivity index (χ0v) is 12.5. The molecule has 3 N–H and O–H groups in total. The van der Waals surface area contributed by atoms with Gasteiger partial charge in [0.2, 0.25) is 0 Å². The number of fused-ring (bicyclic) bond motifs is 1. The molecule has 1 aliphatic carbocycles. The van der Waals surface area contributed by atoms with Gasteiger partial charge in [0.05, 0.1) is 24.6 Å². The molecule has 2 amide bonds. The summed E-state index contributed by atoms with van der Waals surface area (Å²) in [4.78, 5) is 12.1. The predicted molar refractivity (Wildman–Crippen MR) is 86.8 cm³/mol. The van der Waals surface area contributed by atoms with E-state index < -0.39 is 12.1 Å². The van der Waals surface area contributed by atoms with Crippen LogP contribution in [-0.4, -0.2) is 17.2 Å². The van der Waals surface area contributed by atoms with Crippen LogP contribution in [0.5, 0.6) is 0 Å². The Labute approximate surface area is 134 Å². The Morgan fingerprint density at radius 1 is 1.22 bits per heavy atom. The number of nitrogens with zero attached hydrogens (tertiary/aromatic N) is 1. The van der Waals surface area contributed by atoms with E-state index in [9.17, 15) is 9.90 Å². The van der Waals surface area contributed by atoms with E-state index in [0.29, 0.717) is 18.5 Å². The average molecular weight is 307 g/mol. The van der Waals surface area contributed by atoms with Crippen LogP contribution in [0.2, 0.25) is 0 Å². The number of carbonyl (C=O) groups is 1. The van der Waals surface area contributed by atoms with Gasteiger partial charge in [0.25, 0.3) is 0 Å². The largest absolute Gasteiger partial charge is 0.390 e. The molecule has 0 spiro atoms. The van der Waals surface area contributed by atoms with Crippen molar-refractivity contribution in [3.63, 3.8) is 0 Å². The minimum absolute atomic E-state index is 0.345. The summed E-state index contributed by atoms with van der Waals surface area (Å²) in [6, 6.07) is 16.2. The molecule has 5 nitrogen and oxygen atoms in total. The second-order valence-electron chi connectivity index (χ2n) is 5.58. The van der Waals surface area contributed by atoms with Crippen molar-refractivity contribution in [1.82, 2.24) is 5.32 Å². The molecule has 0 unspecified atom stereocenters. The third-order valence-corrected chi connectivity index (χ3v) is 3.99. The van der Waals surface area contributed by atoms with Crippen LogP contribution in [0.1, 0.15) is 22.7 Å². The molecule has 0 heterocycles. The Bertz CT molecular complexity index is 750. The maximum absolute atomic E-state index is 12.1. The zero-order valence-electron chi connectivity index (χ0n) is 12.5. The summed E-state index contributed by atoms with van der Waals surface area (Å²) in [5.41, 5.74) is 3.56. The van der Waals surface area contributed by atoms with E-state index in [-0.39, 0.29) is 6.03 Å².